The Kier molecular flexibility index (Phi) is 6.49. The number of piperazine rings is 1. The van der Waals surface area contributed by atoms with E-state index in [0.29, 0.717) is 6.61 Å². The van der Waals surface area contributed by atoms with E-state index in [1.54, 1.807) is 19.3 Å². The normalized spacial score (nSPS) is 16.3. The molecule has 2 heterocycles. The predicted molar refractivity (Wildman–Crippen MR) is 121 cm³/mol. The molecule has 0 spiro atoms. The highest BCUT2D eigenvalue weighted by atomic mass is 16.5. The number of phenols is 1. The average molecular weight is 420 g/mol. The van der Waals surface area contributed by atoms with Crippen molar-refractivity contribution in [3.63, 3.8) is 0 Å². The standard InChI is InChI=1S/C25H29N3O3/c1-3-31-22(29)17-20-16-19-6-4-5-7-21(19)25(30)23(20)24(18-8-10-26-11-9-18)28-14-12-27(2)13-15-28/h4-11,16,24,30H,3,12-15,17H2,1-2H3. The zero-order valence-electron chi connectivity index (χ0n) is 18.1. The van der Waals surface area contributed by atoms with Crippen LogP contribution in [0.25, 0.3) is 10.8 Å². The van der Waals surface area contributed by atoms with E-state index in [1.807, 2.05) is 42.5 Å². The topological polar surface area (TPSA) is 65.9 Å². The number of hydrogen-bond acceptors (Lipinski definition) is 6. The van der Waals surface area contributed by atoms with Gasteiger partial charge in [0.05, 0.1) is 19.1 Å². The minimum atomic E-state index is -0.287. The van der Waals surface area contributed by atoms with Gasteiger partial charge in [0.15, 0.2) is 0 Å². The molecule has 31 heavy (non-hydrogen) atoms. The van der Waals surface area contributed by atoms with Crippen LogP contribution in [0.3, 0.4) is 0 Å². The SMILES string of the molecule is CCOC(=O)Cc1cc2ccccc2c(O)c1C(c1ccncc1)N1CCN(C)CC1. The number of rotatable bonds is 6. The van der Waals surface area contributed by atoms with Crippen LogP contribution in [-0.2, 0) is 16.0 Å². The van der Waals surface area contributed by atoms with Crippen molar-refractivity contribution in [2.75, 3.05) is 39.8 Å². The van der Waals surface area contributed by atoms with Gasteiger partial charge in [0, 0.05) is 49.5 Å². The molecule has 1 aliphatic heterocycles. The Balaban J connectivity index is 1.89. The summed E-state index contributed by atoms with van der Waals surface area (Å²) < 4.78 is 5.25. The van der Waals surface area contributed by atoms with Crippen LogP contribution in [0, 0.1) is 0 Å². The smallest absolute Gasteiger partial charge is 0.310 e. The fourth-order valence-corrected chi connectivity index (χ4v) is 4.41. The van der Waals surface area contributed by atoms with Gasteiger partial charge in [-0.15, -0.1) is 0 Å². The van der Waals surface area contributed by atoms with Crippen LogP contribution < -0.4 is 0 Å². The van der Waals surface area contributed by atoms with E-state index in [-0.39, 0.29) is 24.2 Å². The van der Waals surface area contributed by atoms with Gasteiger partial charge in [0.1, 0.15) is 5.75 Å². The van der Waals surface area contributed by atoms with E-state index < -0.39 is 0 Å². The number of nitrogens with zero attached hydrogens (tertiary/aromatic N) is 3. The monoisotopic (exact) mass is 419 g/mol. The van der Waals surface area contributed by atoms with Gasteiger partial charge in [-0.1, -0.05) is 24.3 Å². The van der Waals surface area contributed by atoms with Crippen LogP contribution in [-0.4, -0.2) is 65.7 Å². The highest BCUT2D eigenvalue weighted by Crippen LogP contribution is 2.41. The van der Waals surface area contributed by atoms with E-state index in [2.05, 4.69) is 21.8 Å². The average Bonchev–Trinajstić information content (AvgIpc) is 2.78. The van der Waals surface area contributed by atoms with Gasteiger partial charge in [-0.2, -0.15) is 0 Å². The predicted octanol–water partition coefficient (Wildman–Crippen LogP) is 3.38. The molecule has 0 amide bonds. The number of carbonyl (C=O) groups is 1. The molecule has 0 saturated carbocycles. The van der Waals surface area contributed by atoms with Crippen LogP contribution >= 0.6 is 0 Å². The molecule has 1 N–H and O–H groups in total. The molecule has 0 bridgehead atoms. The number of pyridine rings is 1. The van der Waals surface area contributed by atoms with E-state index >= 15 is 0 Å². The van der Waals surface area contributed by atoms with Crippen LogP contribution in [0.1, 0.15) is 29.7 Å². The number of likely N-dealkylation sites (N-methyl/N-ethyl adjacent to an activating group) is 1. The molecule has 2 aromatic carbocycles. The summed E-state index contributed by atoms with van der Waals surface area (Å²) in [6.07, 6.45) is 3.68. The molecule has 4 rings (SSSR count). The molecule has 1 saturated heterocycles. The van der Waals surface area contributed by atoms with Crippen LogP contribution in [0.15, 0.2) is 54.9 Å². The Hall–Kier alpha value is -2.96. The van der Waals surface area contributed by atoms with Gasteiger partial charge < -0.3 is 14.7 Å². The lowest BCUT2D eigenvalue weighted by Crippen LogP contribution is -2.46. The second kappa shape index (κ2) is 9.45. The second-order valence-corrected chi connectivity index (χ2v) is 8.02. The summed E-state index contributed by atoms with van der Waals surface area (Å²) in [5.41, 5.74) is 2.63. The second-order valence-electron chi connectivity index (χ2n) is 8.02. The number of benzene rings is 2. The van der Waals surface area contributed by atoms with Gasteiger partial charge >= 0.3 is 5.97 Å². The van der Waals surface area contributed by atoms with E-state index in [4.69, 9.17) is 4.74 Å². The van der Waals surface area contributed by atoms with Crippen molar-refractivity contribution in [2.24, 2.45) is 0 Å². The van der Waals surface area contributed by atoms with Crippen molar-refractivity contribution in [3.05, 3.63) is 71.5 Å². The summed E-state index contributed by atoms with van der Waals surface area (Å²) in [7, 11) is 2.12. The minimum Gasteiger partial charge on any atom is -0.507 e. The van der Waals surface area contributed by atoms with Crippen molar-refractivity contribution in [1.82, 2.24) is 14.8 Å². The number of esters is 1. The third kappa shape index (κ3) is 4.55. The third-order valence-corrected chi connectivity index (χ3v) is 5.99. The molecule has 1 unspecified atom stereocenters. The quantitative estimate of drug-likeness (QED) is 0.618. The Labute approximate surface area is 183 Å². The van der Waals surface area contributed by atoms with Crippen molar-refractivity contribution >= 4 is 16.7 Å². The van der Waals surface area contributed by atoms with Crippen LogP contribution in [0.4, 0.5) is 0 Å². The number of fused-ring (bicyclic) bond motifs is 1. The van der Waals surface area contributed by atoms with Gasteiger partial charge in [-0.25, -0.2) is 0 Å². The molecule has 3 aromatic rings. The van der Waals surface area contributed by atoms with Crippen molar-refractivity contribution < 1.29 is 14.6 Å². The number of aromatic nitrogens is 1. The fraction of sp³-hybridized carbons (Fsp3) is 0.360. The van der Waals surface area contributed by atoms with Gasteiger partial charge in [0.2, 0.25) is 0 Å². The molecule has 0 aliphatic carbocycles. The molecule has 6 nitrogen and oxygen atoms in total. The molecule has 0 radical (unpaired) electrons. The maximum atomic E-state index is 12.5. The first-order valence-corrected chi connectivity index (χ1v) is 10.8. The van der Waals surface area contributed by atoms with Gasteiger partial charge in [0.25, 0.3) is 0 Å². The Bertz CT molecular complexity index is 1050. The number of ether oxygens (including phenoxy) is 1. The molecule has 1 atom stereocenters. The highest BCUT2D eigenvalue weighted by molar-refractivity contribution is 5.91. The van der Waals surface area contributed by atoms with Crippen molar-refractivity contribution in [1.29, 1.82) is 0 Å². The maximum absolute atomic E-state index is 12.5. The Morgan fingerprint density at radius 1 is 1.13 bits per heavy atom. The first-order valence-electron chi connectivity index (χ1n) is 10.8. The van der Waals surface area contributed by atoms with Gasteiger partial charge in [-0.3, -0.25) is 14.7 Å². The number of carbonyl (C=O) groups excluding carboxylic acids is 1. The van der Waals surface area contributed by atoms with Gasteiger partial charge in [-0.05, 0) is 48.7 Å². The van der Waals surface area contributed by atoms with E-state index in [9.17, 15) is 9.90 Å². The largest absolute Gasteiger partial charge is 0.507 e. The molecule has 1 aromatic heterocycles. The first-order chi connectivity index (χ1) is 15.1. The molecular weight excluding hydrogens is 390 g/mol. The summed E-state index contributed by atoms with van der Waals surface area (Å²) >= 11 is 0. The van der Waals surface area contributed by atoms with E-state index in [1.165, 1.54) is 0 Å². The minimum absolute atomic E-state index is 0.122. The number of hydrogen-bond donors (Lipinski definition) is 1. The van der Waals surface area contributed by atoms with Crippen LogP contribution in [0.2, 0.25) is 0 Å². The van der Waals surface area contributed by atoms with E-state index in [0.717, 1.165) is 53.6 Å². The highest BCUT2D eigenvalue weighted by Gasteiger charge is 2.31. The summed E-state index contributed by atoms with van der Waals surface area (Å²) in [6.45, 7) is 5.77. The third-order valence-electron chi connectivity index (χ3n) is 5.99. The molecule has 1 aliphatic rings. The number of aromatic hydroxyl groups is 1. The molecule has 1 fully saturated rings. The summed E-state index contributed by atoms with van der Waals surface area (Å²) in [5, 5.41) is 13.2. The number of phenolic OH excluding ortho intramolecular Hbond substituents is 1. The zero-order chi connectivity index (χ0) is 21.8. The lowest BCUT2D eigenvalue weighted by atomic mass is 9.88. The lowest BCUT2D eigenvalue weighted by Gasteiger charge is -2.39. The summed E-state index contributed by atoms with van der Waals surface area (Å²) in [5.74, 6) is -0.0524. The first kappa shape index (κ1) is 21.3. The summed E-state index contributed by atoms with van der Waals surface area (Å²) in [4.78, 5) is 21.3. The van der Waals surface area contributed by atoms with Crippen molar-refractivity contribution in [3.8, 4) is 5.75 Å². The Morgan fingerprint density at radius 2 is 1.84 bits per heavy atom. The van der Waals surface area contributed by atoms with Crippen LogP contribution in [0.5, 0.6) is 5.75 Å². The molecular formula is C25H29N3O3. The fourth-order valence-electron chi connectivity index (χ4n) is 4.41. The molecule has 6 heteroatoms. The zero-order valence-corrected chi connectivity index (χ0v) is 18.1. The molecule has 162 valence electrons. The Morgan fingerprint density at radius 3 is 2.55 bits per heavy atom. The summed E-state index contributed by atoms with van der Waals surface area (Å²) in [6, 6.07) is 13.6. The lowest BCUT2D eigenvalue weighted by molar-refractivity contribution is -0.142. The van der Waals surface area contributed by atoms with Crippen molar-refractivity contribution in [2.45, 2.75) is 19.4 Å². The maximum Gasteiger partial charge on any atom is 0.310 e.